The van der Waals surface area contributed by atoms with Crippen LogP contribution in [0.2, 0.25) is 0 Å². The number of nitrogens with two attached hydrogens (primary N) is 2. The number of hydrogen-bond donors (Lipinski definition) is 3. The molecule has 1 aromatic carbocycles. The summed E-state index contributed by atoms with van der Waals surface area (Å²) in [5.74, 6) is -0.510. The summed E-state index contributed by atoms with van der Waals surface area (Å²) in [6, 6.07) is 7.66. The molecule has 20 heavy (non-hydrogen) atoms. The zero-order chi connectivity index (χ0) is 14.5. The van der Waals surface area contributed by atoms with Gasteiger partial charge in [0.2, 0.25) is 11.8 Å². The first kappa shape index (κ1) is 14.3. The molecule has 1 aliphatic rings. The van der Waals surface area contributed by atoms with Gasteiger partial charge in [-0.15, -0.1) is 0 Å². The SMILES string of the molecule is NC(=O)CN(CC(=O)NC1CC1)Cc1ccc(N)cc1. The number of rotatable bonds is 7. The van der Waals surface area contributed by atoms with Gasteiger partial charge >= 0.3 is 0 Å². The van der Waals surface area contributed by atoms with Gasteiger partial charge in [-0.25, -0.2) is 0 Å². The topological polar surface area (TPSA) is 101 Å². The highest BCUT2D eigenvalue weighted by molar-refractivity contribution is 5.80. The van der Waals surface area contributed by atoms with Gasteiger partial charge in [-0.3, -0.25) is 14.5 Å². The second-order valence-electron chi connectivity index (χ2n) is 5.19. The predicted molar refractivity (Wildman–Crippen MR) is 76.5 cm³/mol. The molecule has 1 saturated carbocycles. The van der Waals surface area contributed by atoms with Crippen LogP contribution in [0.15, 0.2) is 24.3 Å². The normalized spacial score (nSPS) is 14.2. The van der Waals surface area contributed by atoms with Gasteiger partial charge in [0.1, 0.15) is 0 Å². The van der Waals surface area contributed by atoms with Crippen LogP contribution in [0.4, 0.5) is 5.69 Å². The third-order valence-corrected chi connectivity index (χ3v) is 3.08. The first-order chi connectivity index (χ1) is 9.52. The molecule has 6 nitrogen and oxygen atoms in total. The number of nitrogens with one attached hydrogen (secondary N) is 1. The standard InChI is InChI=1S/C14H20N4O2/c15-11-3-1-10(2-4-11)7-18(8-13(16)19)9-14(20)17-12-5-6-12/h1-4,12H,5-9,15H2,(H2,16,19)(H,17,20). The van der Waals surface area contributed by atoms with Crippen molar-refractivity contribution in [2.75, 3.05) is 18.8 Å². The Labute approximate surface area is 118 Å². The molecule has 0 radical (unpaired) electrons. The third kappa shape index (κ3) is 4.89. The summed E-state index contributed by atoms with van der Waals surface area (Å²) in [6.45, 7) is 0.716. The molecule has 5 N–H and O–H groups in total. The zero-order valence-corrected chi connectivity index (χ0v) is 11.3. The molecule has 6 heteroatoms. The monoisotopic (exact) mass is 276 g/mol. The molecular weight excluding hydrogens is 256 g/mol. The maximum atomic E-state index is 11.8. The molecule has 0 saturated heterocycles. The Balaban J connectivity index is 1.92. The average molecular weight is 276 g/mol. The van der Waals surface area contributed by atoms with Gasteiger partial charge in [-0.2, -0.15) is 0 Å². The Kier molecular flexibility index (Phi) is 4.57. The van der Waals surface area contributed by atoms with Crippen molar-refractivity contribution >= 4 is 17.5 Å². The zero-order valence-electron chi connectivity index (χ0n) is 11.3. The van der Waals surface area contributed by atoms with Gasteiger partial charge < -0.3 is 16.8 Å². The predicted octanol–water partition coefficient (Wildman–Crippen LogP) is -0.165. The molecular formula is C14H20N4O2. The van der Waals surface area contributed by atoms with Crippen LogP contribution in [-0.4, -0.2) is 35.8 Å². The first-order valence-electron chi connectivity index (χ1n) is 6.67. The largest absolute Gasteiger partial charge is 0.399 e. The van der Waals surface area contributed by atoms with E-state index in [9.17, 15) is 9.59 Å². The fourth-order valence-corrected chi connectivity index (χ4v) is 1.97. The van der Waals surface area contributed by atoms with Crippen LogP contribution in [0.25, 0.3) is 0 Å². The second-order valence-corrected chi connectivity index (χ2v) is 5.19. The van der Waals surface area contributed by atoms with Crippen LogP contribution in [-0.2, 0) is 16.1 Å². The number of hydrogen-bond acceptors (Lipinski definition) is 4. The average Bonchev–Trinajstić information content (AvgIpc) is 3.15. The number of carbonyl (C=O) groups is 2. The number of benzene rings is 1. The number of anilines is 1. The Hall–Kier alpha value is -2.08. The highest BCUT2D eigenvalue weighted by Crippen LogP contribution is 2.18. The van der Waals surface area contributed by atoms with Crippen molar-refractivity contribution in [1.29, 1.82) is 0 Å². The lowest BCUT2D eigenvalue weighted by Crippen LogP contribution is -2.41. The van der Waals surface area contributed by atoms with E-state index in [4.69, 9.17) is 11.5 Å². The second kappa shape index (κ2) is 6.38. The summed E-state index contributed by atoms with van der Waals surface area (Å²) in [6.07, 6.45) is 2.08. The van der Waals surface area contributed by atoms with E-state index in [2.05, 4.69) is 5.32 Å². The molecule has 0 unspecified atom stereocenters. The molecule has 0 spiro atoms. The van der Waals surface area contributed by atoms with Crippen molar-refractivity contribution in [1.82, 2.24) is 10.2 Å². The van der Waals surface area contributed by atoms with Gasteiger partial charge in [0.25, 0.3) is 0 Å². The minimum atomic E-state index is -0.445. The molecule has 0 heterocycles. The van der Waals surface area contributed by atoms with Crippen LogP contribution < -0.4 is 16.8 Å². The molecule has 2 rings (SSSR count). The number of amides is 2. The van der Waals surface area contributed by atoms with Crippen molar-refractivity contribution in [3.05, 3.63) is 29.8 Å². The highest BCUT2D eigenvalue weighted by atomic mass is 16.2. The molecule has 0 bridgehead atoms. The van der Waals surface area contributed by atoms with Crippen LogP contribution in [0.5, 0.6) is 0 Å². The molecule has 0 atom stereocenters. The summed E-state index contributed by atoms with van der Waals surface area (Å²) in [4.78, 5) is 24.6. The fraction of sp³-hybridized carbons (Fsp3) is 0.429. The minimum absolute atomic E-state index is 0.0580. The molecule has 2 amide bonds. The minimum Gasteiger partial charge on any atom is -0.399 e. The van der Waals surface area contributed by atoms with E-state index in [1.807, 2.05) is 12.1 Å². The van der Waals surface area contributed by atoms with Crippen LogP contribution in [0, 0.1) is 0 Å². The lowest BCUT2D eigenvalue weighted by molar-refractivity contribution is -0.124. The quantitative estimate of drug-likeness (QED) is 0.602. The van der Waals surface area contributed by atoms with Gasteiger partial charge in [-0.1, -0.05) is 12.1 Å². The van der Waals surface area contributed by atoms with E-state index in [0.717, 1.165) is 18.4 Å². The Morgan fingerprint density at radius 3 is 2.40 bits per heavy atom. The third-order valence-electron chi connectivity index (χ3n) is 3.08. The van der Waals surface area contributed by atoms with Gasteiger partial charge in [0.05, 0.1) is 13.1 Å². The van der Waals surface area contributed by atoms with E-state index < -0.39 is 5.91 Å². The molecule has 0 aliphatic heterocycles. The number of carbonyl (C=O) groups excluding carboxylic acids is 2. The summed E-state index contributed by atoms with van der Waals surface area (Å²) >= 11 is 0. The van der Waals surface area contributed by atoms with Gasteiger partial charge in [0, 0.05) is 18.3 Å². The summed E-state index contributed by atoms with van der Waals surface area (Å²) in [5, 5.41) is 2.90. The lowest BCUT2D eigenvalue weighted by Gasteiger charge is -2.20. The van der Waals surface area contributed by atoms with Crippen molar-refractivity contribution in [2.45, 2.75) is 25.4 Å². The maximum absolute atomic E-state index is 11.8. The van der Waals surface area contributed by atoms with E-state index in [-0.39, 0.29) is 19.0 Å². The van der Waals surface area contributed by atoms with Crippen LogP contribution >= 0.6 is 0 Å². The van der Waals surface area contributed by atoms with Crippen molar-refractivity contribution in [3.8, 4) is 0 Å². The smallest absolute Gasteiger partial charge is 0.234 e. The van der Waals surface area contributed by atoms with Gasteiger partial charge in [0.15, 0.2) is 0 Å². The maximum Gasteiger partial charge on any atom is 0.234 e. The van der Waals surface area contributed by atoms with Crippen molar-refractivity contribution in [2.24, 2.45) is 5.73 Å². The number of primary amides is 1. The Bertz CT molecular complexity index is 482. The summed E-state index contributed by atoms with van der Waals surface area (Å²) in [7, 11) is 0. The van der Waals surface area contributed by atoms with Crippen LogP contribution in [0.1, 0.15) is 18.4 Å². The molecule has 1 fully saturated rings. The summed E-state index contributed by atoms with van der Waals surface area (Å²) < 4.78 is 0. The molecule has 1 aliphatic carbocycles. The van der Waals surface area contributed by atoms with E-state index >= 15 is 0 Å². The van der Waals surface area contributed by atoms with Gasteiger partial charge in [-0.05, 0) is 30.5 Å². The first-order valence-corrected chi connectivity index (χ1v) is 6.67. The van der Waals surface area contributed by atoms with E-state index in [1.54, 1.807) is 17.0 Å². The molecule has 0 aromatic heterocycles. The number of nitrogen functional groups attached to an aromatic ring is 1. The lowest BCUT2D eigenvalue weighted by atomic mass is 10.2. The number of nitrogens with zero attached hydrogens (tertiary/aromatic N) is 1. The van der Waals surface area contributed by atoms with Crippen molar-refractivity contribution in [3.63, 3.8) is 0 Å². The van der Waals surface area contributed by atoms with Crippen molar-refractivity contribution < 1.29 is 9.59 Å². The molecule has 1 aromatic rings. The van der Waals surface area contributed by atoms with E-state index in [1.165, 1.54) is 0 Å². The summed E-state index contributed by atoms with van der Waals surface area (Å²) in [5.41, 5.74) is 12.5. The fourth-order valence-electron chi connectivity index (χ4n) is 1.97. The highest BCUT2D eigenvalue weighted by Gasteiger charge is 2.24. The molecule has 108 valence electrons. The van der Waals surface area contributed by atoms with E-state index in [0.29, 0.717) is 18.3 Å². The van der Waals surface area contributed by atoms with Crippen LogP contribution in [0.3, 0.4) is 0 Å². The Morgan fingerprint density at radius 1 is 1.20 bits per heavy atom. The Morgan fingerprint density at radius 2 is 1.85 bits per heavy atom.